The predicted molar refractivity (Wildman–Crippen MR) is 24.9 cm³/mol. The number of carbonyl (C=O) groups is 3. The van der Waals surface area contributed by atoms with E-state index in [1.54, 1.807) is 0 Å². The van der Waals surface area contributed by atoms with E-state index < -0.39 is 24.1 Å². The zero-order valence-electron chi connectivity index (χ0n) is 4.64. The molecule has 5 nitrogen and oxygen atoms in total. The molecule has 10 heavy (non-hydrogen) atoms. The molecule has 0 saturated carbocycles. The Labute approximate surface area is 66.0 Å². The molecule has 0 bridgehead atoms. The number of Topliss-reactive ketones (excluding diaryl/α,β-unsaturated/α-hetero) is 1. The molecule has 0 atom stereocenters. The number of ketones is 1. The zero-order valence-corrected chi connectivity index (χ0v) is 5.63. The first-order valence-corrected chi connectivity index (χ1v) is 2.02. The van der Waals surface area contributed by atoms with Gasteiger partial charge in [0.05, 0.1) is 0 Å². The fraction of sp³-hybridized carbons (Fsp3) is 0.250. The summed E-state index contributed by atoms with van der Waals surface area (Å²) >= 11 is 0. The van der Waals surface area contributed by atoms with Crippen molar-refractivity contribution in [3.63, 3.8) is 0 Å². The Balaban J connectivity index is 0. The Kier molecular flexibility index (Phi) is 5.85. The molecule has 0 aliphatic carbocycles. The third-order valence-electron chi connectivity index (χ3n) is 0.550. The molecule has 0 spiro atoms. The third-order valence-corrected chi connectivity index (χ3v) is 0.550. The molecule has 0 fully saturated rings. The van der Waals surface area contributed by atoms with Crippen LogP contribution in [-0.4, -0.2) is 27.9 Å². The molecule has 60 valence electrons. The zero-order chi connectivity index (χ0) is 7.44. The molecular weight excluding hydrogens is 187 g/mol. The van der Waals surface area contributed by atoms with Gasteiger partial charge in [-0.15, -0.1) is 0 Å². The van der Waals surface area contributed by atoms with Crippen molar-refractivity contribution in [1.29, 1.82) is 0 Å². The Morgan fingerprint density at radius 2 is 1.50 bits per heavy atom. The molecule has 0 aliphatic rings. The molecule has 0 heterocycles. The Bertz CT molecular complexity index is 163. The largest absolute Gasteiger partial charge is 0.481 e. The Hall–Kier alpha value is -0.896. The Morgan fingerprint density at radius 3 is 1.60 bits per heavy atom. The van der Waals surface area contributed by atoms with Gasteiger partial charge in [0.25, 0.3) is 5.78 Å². The minimum atomic E-state index is -1.71. The number of hydrogen-bond donors (Lipinski definition) is 2. The van der Waals surface area contributed by atoms with Crippen LogP contribution in [0.15, 0.2) is 0 Å². The molecule has 0 saturated heterocycles. The van der Waals surface area contributed by atoms with E-state index in [0.29, 0.717) is 0 Å². The monoisotopic (exact) mass is 190 g/mol. The fourth-order valence-corrected chi connectivity index (χ4v) is 0.213. The van der Waals surface area contributed by atoms with Crippen LogP contribution in [0.1, 0.15) is 6.42 Å². The number of hydrogen-bond acceptors (Lipinski definition) is 3. The van der Waals surface area contributed by atoms with Gasteiger partial charge in [0.2, 0.25) is 0 Å². The summed E-state index contributed by atoms with van der Waals surface area (Å²) < 4.78 is 0. The van der Waals surface area contributed by atoms with E-state index in [1.165, 1.54) is 0 Å². The smallest absolute Gasteiger partial charge is 0.372 e. The molecule has 0 radical (unpaired) electrons. The average Bonchev–Trinajstić information content (AvgIpc) is 1.63. The first-order chi connectivity index (χ1) is 4.04. The van der Waals surface area contributed by atoms with Crippen LogP contribution >= 0.6 is 0 Å². The van der Waals surface area contributed by atoms with Crippen LogP contribution in [-0.2, 0) is 30.9 Å². The van der Waals surface area contributed by atoms with Crippen LogP contribution in [0, 0.1) is 0 Å². The van der Waals surface area contributed by atoms with Crippen LogP contribution in [0.2, 0.25) is 0 Å². The normalized spacial score (nSPS) is 7.60. The average molecular weight is 191 g/mol. The van der Waals surface area contributed by atoms with Crippen molar-refractivity contribution in [2.45, 2.75) is 6.42 Å². The molecule has 0 aromatic heterocycles. The summed E-state index contributed by atoms with van der Waals surface area (Å²) in [5.74, 6) is -4.44. The predicted octanol–water partition coefficient (Wildman–Crippen LogP) is -0.888. The number of carboxylic acid groups (broad SMARTS) is 2. The van der Waals surface area contributed by atoms with Crippen molar-refractivity contribution in [2.24, 2.45) is 0 Å². The Morgan fingerprint density at radius 1 is 1.10 bits per heavy atom. The van der Waals surface area contributed by atoms with Gasteiger partial charge in [-0.25, -0.2) is 4.79 Å². The van der Waals surface area contributed by atoms with E-state index >= 15 is 0 Å². The molecule has 0 amide bonds. The maximum atomic E-state index is 9.97. The molecule has 2 N–H and O–H groups in total. The van der Waals surface area contributed by atoms with Gasteiger partial charge in [0, 0.05) is 16.5 Å². The number of rotatable bonds is 3. The van der Waals surface area contributed by atoms with Gasteiger partial charge in [-0.2, -0.15) is 0 Å². The fourth-order valence-electron chi connectivity index (χ4n) is 0.213. The van der Waals surface area contributed by atoms with E-state index in [-0.39, 0.29) is 16.5 Å². The van der Waals surface area contributed by atoms with E-state index in [0.717, 1.165) is 0 Å². The van der Waals surface area contributed by atoms with Crippen molar-refractivity contribution >= 4 is 17.7 Å². The van der Waals surface area contributed by atoms with Crippen LogP contribution in [0.5, 0.6) is 0 Å². The maximum absolute atomic E-state index is 9.97. The summed E-state index contributed by atoms with van der Waals surface area (Å²) in [5.41, 5.74) is 0. The van der Waals surface area contributed by atoms with Gasteiger partial charge in [-0.3, -0.25) is 9.59 Å². The van der Waals surface area contributed by atoms with Gasteiger partial charge >= 0.3 is 11.9 Å². The summed E-state index contributed by atoms with van der Waals surface area (Å²) in [6, 6.07) is 0. The maximum Gasteiger partial charge on any atom is 0.372 e. The summed E-state index contributed by atoms with van der Waals surface area (Å²) in [5, 5.41) is 15.7. The van der Waals surface area contributed by atoms with Crippen molar-refractivity contribution in [3.05, 3.63) is 0 Å². The molecular formula is C4H4NiO5. The van der Waals surface area contributed by atoms with Crippen molar-refractivity contribution in [2.75, 3.05) is 0 Å². The second-order valence-corrected chi connectivity index (χ2v) is 1.30. The summed E-state index contributed by atoms with van der Waals surface area (Å²) in [4.78, 5) is 29.2. The topological polar surface area (TPSA) is 91.7 Å². The van der Waals surface area contributed by atoms with E-state index in [1.807, 2.05) is 0 Å². The van der Waals surface area contributed by atoms with Gasteiger partial charge in [-0.1, -0.05) is 0 Å². The number of carbonyl (C=O) groups excluding carboxylic acids is 1. The third kappa shape index (κ3) is 5.24. The van der Waals surface area contributed by atoms with Gasteiger partial charge in [-0.05, 0) is 0 Å². The van der Waals surface area contributed by atoms with E-state index in [9.17, 15) is 14.4 Å². The van der Waals surface area contributed by atoms with E-state index in [4.69, 9.17) is 10.2 Å². The summed E-state index contributed by atoms with van der Waals surface area (Å²) in [7, 11) is 0. The molecule has 0 aromatic rings. The van der Waals surface area contributed by atoms with Gasteiger partial charge < -0.3 is 10.2 Å². The second-order valence-electron chi connectivity index (χ2n) is 1.30. The summed E-state index contributed by atoms with van der Waals surface area (Å²) in [6.45, 7) is 0. The SMILES string of the molecule is O=C(O)CC(=O)C(=O)O.[Ni]. The first kappa shape index (κ1) is 11.8. The second kappa shape index (κ2) is 4.93. The van der Waals surface area contributed by atoms with Crippen LogP contribution in [0.4, 0.5) is 0 Å². The quantitative estimate of drug-likeness (QED) is 0.343. The molecule has 0 aromatic carbocycles. The summed E-state index contributed by atoms with van der Waals surface area (Å²) in [6.07, 6.45) is -0.949. The van der Waals surface area contributed by atoms with Crippen LogP contribution < -0.4 is 0 Å². The molecule has 0 unspecified atom stereocenters. The minimum Gasteiger partial charge on any atom is -0.481 e. The van der Waals surface area contributed by atoms with Gasteiger partial charge in [0.1, 0.15) is 6.42 Å². The minimum absolute atomic E-state index is 0. The first-order valence-electron chi connectivity index (χ1n) is 2.02. The molecule has 0 rings (SSSR count). The van der Waals surface area contributed by atoms with Crippen molar-refractivity contribution < 1.29 is 41.1 Å². The number of aliphatic carboxylic acids is 2. The molecule has 6 heteroatoms. The van der Waals surface area contributed by atoms with E-state index in [2.05, 4.69) is 0 Å². The van der Waals surface area contributed by atoms with Crippen LogP contribution in [0.3, 0.4) is 0 Å². The van der Waals surface area contributed by atoms with Gasteiger partial charge in [0.15, 0.2) is 0 Å². The van der Waals surface area contributed by atoms with Crippen molar-refractivity contribution in [3.8, 4) is 0 Å². The standard InChI is InChI=1S/C4H4O5.Ni/c5-2(4(8)9)1-3(6)7;/h1H2,(H,6,7)(H,8,9);. The van der Waals surface area contributed by atoms with Crippen LogP contribution in [0.25, 0.3) is 0 Å². The van der Waals surface area contributed by atoms with Crippen molar-refractivity contribution in [1.82, 2.24) is 0 Å². The molecule has 0 aliphatic heterocycles. The number of carboxylic acids is 2.